The van der Waals surface area contributed by atoms with Gasteiger partial charge in [0.1, 0.15) is 17.2 Å². The third-order valence-electron chi connectivity index (χ3n) is 5.41. The smallest absolute Gasteiger partial charge is 0.326 e. The third kappa shape index (κ3) is 4.28. The van der Waals surface area contributed by atoms with E-state index in [9.17, 15) is 5.21 Å². The number of hydrogen-bond acceptors (Lipinski definition) is 3. The number of nitrogens with zero attached hydrogens (tertiary/aromatic N) is 1. The lowest BCUT2D eigenvalue weighted by Crippen LogP contribution is -2.34. The molecule has 2 heterocycles. The lowest BCUT2D eigenvalue weighted by molar-refractivity contribution is -0.889. The zero-order valence-corrected chi connectivity index (χ0v) is 19.5. The van der Waals surface area contributed by atoms with Crippen LogP contribution in [0.4, 0.5) is 0 Å². The summed E-state index contributed by atoms with van der Waals surface area (Å²) >= 11 is 1.80. The van der Waals surface area contributed by atoms with Crippen LogP contribution in [0.15, 0.2) is 65.7 Å². The Labute approximate surface area is 187 Å². The van der Waals surface area contributed by atoms with E-state index in [0.29, 0.717) is 5.65 Å². The van der Waals surface area contributed by atoms with E-state index in [4.69, 9.17) is 4.74 Å². The standard InChI is InChI=1S/C26H28N2O2S/c1-6-31-20-11-12-24(30-19-9-7-18(8-10-19)26(3,4)5)23(16-20)22-15-17(2)28(29)25-21(22)13-14-27-25/h7-16,29H,6H2,1-5H3/p+1. The van der Waals surface area contributed by atoms with Crippen LogP contribution in [0.1, 0.15) is 39.0 Å². The minimum absolute atomic E-state index is 0.101. The van der Waals surface area contributed by atoms with Crippen LogP contribution in [-0.2, 0) is 5.41 Å². The average Bonchev–Trinajstić information content (AvgIpc) is 3.22. The first-order valence-corrected chi connectivity index (χ1v) is 11.5. The molecule has 0 atom stereocenters. The summed E-state index contributed by atoms with van der Waals surface area (Å²) in [6.45, 7) is 10.7. The van der Waals surface area contributed by atoms with Crippen LogP contribution in [0.2, 0.25) is 0 Å². The molecule has 0 unspecified atom stereocenters. The number of thioether (sulfide) groups is 1. The summed E-state index contributed by atoms with van der Waals surface area (Å²) < 4.78 is 7.56. The van der Waals surface area contributed by atoms with Crippen molar-refractivity contribution in [2.75, 3.05) is 5.75 Å². The number of fused-ring (bicyclic) bond motifs is 1. The van der Waals surface area contributed by atoms with Gasteiger partial charge in [0, 0.05) is 22.9 Å². The molecular weight excluding hydrogens is 404 g/mol. The third-order valence-corrected chi connectivity index (χ3v) is 6.29. The molecule has 0 bridgehead atoms. The van der Waals surface area contributed by atoms with Gasteiger partial charge in [0.2, 0.25) is 0 Å². The van der Waals surface area contributed by atoms with Gasteiger partial charge < -0.3 is 9.94 Å². The van der Waals surface area contributed by atoms with Gasteiger partial charge in [-0.2, -0.15) is 0 Å². The fourth-order valence-corrected chi connectivity index (χ4v) is 4.41. The average molecular weight is 434 g/mol. The highest BCUT2D eigenvalue weighted by molar-refractivity contribution is 7.99. The summed E-state index contributed by atoms with van der Waals surface area (Å²) in [6.07, 6.45) is 1.84. The van der Waals surface area contributed by atoms with E-state index in [-0.39, 0.29) is 5.41 Å². The first-order valence-electron chi connectivity index (χ1n) is 10.6. The summed E-state index contributed by atoms with van der Waals surface area (Å²) in [5, 5.41) is 11.3. The second-order valence-electron chi connectivity index (χ2n) is 8.72. The molecule has 0 amide bonds. The van der Waals surface area contributed by atoms with Crippen molar-refractivity contribution in [1.29, 1.82) is 0 Å². The highest BCUT2D eigenvalue weighted by Crippen LogP contribution is 2.39. The minimum Gasteiger partial charge on any atom is -0.457 e. The molecule has 2 aromatic heterocycles. The van der Waals surface area contributed by atoms with E-state index >= 15 is 0 Å². The number of aromatic amines is 1. The van der Waals surface area contributed by atoms with Gasteiger partial charge in [-0.05, 0) is 63.9 Å². The van der Waals surface area contributed by atoms with Crippen molar-refractivity contribution in [2.45, 2.75) is 44.9 Å². The topological polar surface area (TPSA) is 49.1 Å². The van der Waals surface area contributed by atoms with E-state index in [1.165, 1.54) is 15.2 Å². The van der Waals surface area contributed by atoms with Gasteiger partial charge in [-0.3, -0.25) is 0 Å². The minimum atomic E-state index is 0.101. The SMILES string of the molecule is CCSc1ccc(Oc2ccc(C(C)(C)C)cc2)c(-c2cc(C)[n+](O)c3[nH]ccc23)c1. The van der Waals surface area contributed by atoms with Crippen LogP contribution in [0.25, 0.3) is 22.2 Å². The zero-order valence-electron chi connectivity index (χ0n) is 18.7. The van der Waals surface area contributed by atoms with Crippen molar-refractivity contribution in [3.63, 3.8) is 0 Å². The molecule has 4 rings (SSSR count). The largest absolute Gasteiger partial charge is 0.457 e. The molecule has 0 aliphatic carbocycles. The van der Waals surface area contributed by atoms with Gasteiger partial charge in [0.05, 0.1) is 11.6 Å². The number of hydrogen-bond donors (Lipinski definition) is 2. The number of benzene rings is 2. The highest BCUT2D eigenvalue weighted by Gasteiger charge is 2.20. The quantitative estimate of drug-likeness (QED) is 0.205. The van der Waals surface area contributed by atoms with E-state index in [2.05, 4.69) is 56.9 Å². The van der Waals surface area contributed by atoms with Gasteiger partial charge in [-0.25, -0.2) is 4.98 Å². The molecule has 0 saturated heterocycles. The molecule has 4 nitrogen and oxygen atoms in total. The van der Waals surface area contributed by atoms with Gasteiger partial charge in [-0.1, -0.05) is 39.8 Å². The van der Waals surface area contributed by atoms with Crippen LogP contribution < -0.4 is 9.47 Å². The predicted octanol–water partition coefficient (Wildman–Crippen LogP) is 6.87. The Morgan fingerprint density at radius 1 is 1.00 bits per heavy atom. The van der Waals surface area contributed by atoms with Crippen LogP contribution in [0.3, 0.4) is 0 Å². The predicted molar refractivity (Wildman–Crippen MR) is 127 cm³/mol. The molecule has 31 heavy (non-hydrogen) atoms. The maximum atomic E-state index is 10.4. The van der Waals surface area contributed by atoms with Crippen LogP contribution in [-0.4, -0.2) is 15.9 Å². The molecule has 160 valence electrons. The molecule has 0 aliphatic rings. The fourth-order valence-electron chi connectivity index (χ4n) is 3.72. The fraction of sp³-hybridized carbons (Fsp3) is 0.269. The number of pyridine rings is 1. The molecule has 2 N–H and O–H groups in total. The summed E-state index contributed by atoms with van der Waals surface area (Å²) in [6, 6.07) is 18.6. The first kappa shape index (κ1) is 21.3. The van der Waals surface area contributed by atoms with Crippen LogP contribution >= 0.6 is 11.8 Å². The molecule has 2 aromatic carbocycles. The van der Waals surface area contributed by atoms with Crippen molar-refractivity contribution >= 4 is 22.8 Å². The molecule has 0 radical (unpaired) electrons. The summed E-state index contributed by atoms with van der Waals surface area (Å²) in [5.41, 5.74) is 4.83. The monoisotopic (exact) mass is 433 g/mol. The maximum Gasteiger partial charge on any atom is 0.326 e. The van der Waals surface area contributed by atoms with Crippen LogP contribution in [0, 0.1) is 6.92 Å². The lowest BCUT2D eigenvalue weighted by atomic mass is 9.87. The van der Waals surface area contributed by atoms with Crippen LogP contribution in [0.5, 0.6) is 11.5 Å². The van der Waals surface area contributed by atoms with Gasteiger partial charge in [0.25, 0.3) is 0 Å². The Hall–Kier alpha value is -2.92. The van der Waals surface area contributed by atoms with Gasteiger partial charge in [0.15, 0.2) is 0 Å². The Kier molecular flexibility index (Phi) is 5.71. The number of ether oxygens (including phenoxy) is 1. The Morgan fingerprint density at radius 3 is 2.42 bits per heavy atom. The van der Waals surface area contributed by atoms with Crippen molar-refractivity contribution in [3.8, 4) is 22.6 Å². The Bertz CT molecular complexity index is 1220. The van der Waals surface area contributed by atoms with Crippen molar-refractivity contribution in [2.24, 2.45) is 0 Å². The van der Waals surface area contributed by atoms with Crippen molar-refractivity contribution in [1.82, 2.24) is 4.98 Å². The second kappa shape index (κ2) is 8.31. The van der Waals surface area contributed by atoms with E-state index < -0.39 is 0 Å². The second-order valence-corrected chi connectivity index (χ2v) is 10.1. The number of nitrogens with one attached hydrogen (secondary N) is 1. The molecule has 5 heteroatoms. The molecule has 0 fully saturated rings. The highest BCUT2D eigenvalue weighted by atomic mass is 32.2. The maximum absolute atomic E-state index is 10.4. The lowest BCUT2D eigenvalue weighted by Gasteiger charge is -2.19. The Morgan fingerprint density at radius 2 is 1.74 bits per heavy atom. The molecular formula is C26H29N2O2S+. The van der Waals surface area contributed by atoms with Gasteiger partial charge >= 0.3 is 5.65 Å². The Balaban J connectivity index is 1.82. The number of aryl methyl sites for hydroxylation is 1. The molecule has 4 aromatic rings. The number of rotatable bonds is 5. The number of aromatic nitrogens is 2. The van der Waals surface area contributed by atoms with E-state index in [1.54, 1.807) is 11.8 Å². The summed E-state index contributed by atoms with van der Waals surface area (Å²) in [4.78, 5) is 4.32. The summed E-state index contributed by atoms with van der Waals surface area (Å²) in [5.74, 6) is 2.60. The van der Waals surface area contributed by atoms with Gasteiger partial charge in [-0.15, -0.1) is 11.8 Å². The molecule has 0 saturated carbocycles. The first-order chi connectivity index (χ1) is 14.8. The van der Waals surface area contributed by atoms with Crippen molar-refractivity contribution in [3.05, 3.63) is 72.1 Å². The summed E-state index contributed by atoms with van der Waals surface area (Å²) in [7, 11) is 0. The zero-order chi connectivity index (χ0) is 22.2. The van der Waals surface area contributed by atoms with E-state index in [0.717, 1.165) is 39.5 Å². The van der Waals surface area contributed by atoms with E-state index in [1.807, 2.05) is 43.5 Å². The molecule has 0 aliphatic heterocycles. The molecule has 0 spiro atoms. The normalized spacial score (nSPS) is 11.8. The number of H-pyrrole nitrogens is 1. The van der Waals surface area contributed by atoms with Crippen molar-refractivity contribution < 1.29 is 14.7 Å².